The van der Waals surface area contributed by atoms with Crippen LogP contribution in [0.25, 0.3) is 0 Å². The maximum atomic E-state index is 11.8. The number of rotatable bonds is 22. The first-order valence-corrected chi connectivity index (χ1v) is 13.6. The van der Waals surface area contributed by atoms with E-state index in [1.165, 1.54) is 51.4 Å². The van der Waals surface area contributed by atoms with E-state index in [9.17, 15) is 15.0 Å². The van der Waals surface area contributed by atoms with Crippen molar-refractivity contribution in [3.63, 3.8) is 0 Å². The molecule has 0 aromatic heterocycles. The summed E-state index contributed by atoms with van der Waals surface area (Å²) >= 11 is 0. The Labute approximate surface area is 203 Å². The van der Waals surface area contributed by atoms with Gasteiger partial charge in [0.05, 0.1) is 24.7 Å². The second kappa shape index (κ2) is 20.0. The summed E-state index contributed by atoms with van der Waals surface area (Å²) in [5.74, 6) is -1.59. The van der Waals surface area contributed by atoms with Crippen LogP contribution in [0, 0.1) is 5.92 Å². The smallest absolute Gasteiger partial charge is 0.309 e. The van der Waals surface area contributed by atoms with E-state index in [1.807, 2.05) is 30.3 Å². The van der Waals surface area contributed by atoms with Crippen molar-refractivity contribution in [3.05, 3.63) is 35.9 Å². The topological polar surface area (TPSA) is 66.8 Å². The van der Waals surface area contributed by atoms with Crippen molar-refractivity contribution < 1.29 is 19.7 Å². The summed E-state index contributed by atoms with van der Waals surface area (Å²) in [4.78, 5) is 11.8. The highest BCUT2D eigenvalue weighted by Gasteiger charge is 2.28. The summed E-state index contributed by atoms with van der Waals surface area (Å²) in [6.07, 6.45) is 16.4. The molecule has 3 atom stereocenters. The molecule has 33 heavy (non-hydrogen) atoms. The average Bonchev–Trinajstić information content (AvgIpc) is 2.81. The summed E-state index contributed by atoms with van der Waals surface area (Å²) in [6, 6.07) is 10.1. The van der Waals surface area contributed by atoms with Gasteiger partial charge in [0, 0.05) is 6.42 Å². The summed E-state index contributed by atoms with van der Waals surface area (Å²) in [6.45, 7) is 4.90. The number of unbranched alkanes of at least 4 members (excludes halogenated alkanes) is 11. The molecule has 0 fully saturated rings. The van der Waals surface area contributed by atoms with Crippen LogP contribution in [0.5, 0.6) is 0 Å². The second-order valence-corrected chi connectivity index (χ2v) is 9.63. The van der Waals surface area contributed by atoms with Crippen molar-refractivity contribution in [2.24, 2.45) is 5.92 Å². The second-order valence-electron chi connectivity index (χ2n) is 9.63. The fourth-order valence-electron chi connectivity index (χ4n) is 4.45. The van der Waals surface area contributed by atoms with Crippen molar-refractivity contribution in [2.75, 3.05) is 0 Å². The van der Waals surface area contributed by atoms with E-state index in [1.54, 1.807) is 0 Å². The van der Waals surface area contributed by atoms with Crippen LogP contribution < -0.4 is 0 Å². The molecule has 0 radical (unpaired) electrons. The van der Waals surface area contributed by atoms with E-state index in [0.717, 1.165) is 44.1 Å². The van der Waals surface area contributed by atoms with E-state index >= 15 is 0 Å². The van der Waals surface area contributed by atoms with Crippen LogP contribution in [-0.2, 0) is 16.1 Å². The minimum Gasteiger partial charge on any atom is -0.481 e. The molecule has 0 saturated heterocycles. The first kappa shape index (κ1) is 29.6. The van der Waals surface area contributed by atoms with Crippen LogP contribution in [0.15, 0.2) is 30.3 Å². The first-order chi connectivity index (χ1) is 16.1. The summed E-state index contributed by atoms with van der Waals surface area (Å²) in [5.41, 5.74) is 1.11. The van der Waals surface area contributed by atoms with Gasteiger partial charge in [-0.3, -0.25) is 4.79 Å². The van der Waals surface area contributed by atoms with Crippen molar-refractivity contribution >= 4 is 5.97 Å². The van der Waals surface area contributed by atoms with E-state index < -0.39 is 18.0 Å². The van der Waals surface area contributed by atoms with Crippen LogP contribution in [0.3, 0.4) is 0 Å². The molecule has 4 heteroatoms. The molecule has 4 nitrogen and oxygen atoms in total. The lowest BCUT2D eigenvalue weighted by atomic mass is 9.90. The predicted octanol–water partition coefficient (Wildman–Crippen LogP) is 7.91. The predicted molar refractivity (Wildman–Crippen MR) is 137 cm³/mol. The zero-order valence-electron chi connectivity index (χ0n) is 21.4. The van der Waals surface area contributed by atoms with Gasteiger partial charge >= 0.3 is 5.97 Å². The van der Waals surface area contributed by atoms with Crippen molar-refractivity contribution in [1.29, 1.82) is 0 Å². The molecule has 1 rings (SSSR count). The van der Waals surface area contributed by atoms with Gasteiger partial charge in [-0.1, -0.05) is 128 Å². The highest BCUT2D eigenvalue weighted by molar-refractivity contribution is 5.70. The Hall–Kier alpha value is -1.39. The standard InChI is InChI=1S/C29H50O4/c1-3-5-7-9-10-11-12-13-17-21-26(33-24-25-19-15-14-16-20-25)23-28(30)27(29(31)32)22-18-8-6-4-2/h14-16,19-20,26-28,30H,3-13,17-18,21-24H2,1-2H3,(H,31,32). The maximum absolute atomic E-state index is 11.8. The third-order valence-electron chi connectivity index (χ3n) is 6.61. The third kappa shape index (κ3) is 15.2. The van der Waals surface area contributed by atoms with Gasteiger partial charge in [0.1, 0.15) is 0 Å². The highest BCUT2D eigenvalue weighted by Crippen LogP contribution is 2.23. The Morgan fingerprint density at radius 1 is 0.788 bits per heavy atom. The van der Waals surface area contributed by atoms with Gasteiger partial charge in [-0.25, -0.2) is 0 Å². The van der Waals surface area contributed by atoms with Crippen LogP contribution >= 0.6 is 0 Å². The number of aliphatic hydroxyl groups excluding tert-OH is 1. The van der Waals surface area contributed by atoms with Gasteiger partial charge in [0.25, 0.3) is 0 Å². The summed E-state index contributed by atoms with van der Waals surface area (Å²) < 4.78 is 6.19. The van der Waals surface area contributed by atoms with Gasteiger partial charge in [-0.05, 0) is 18.4 Å². The van der Waals surface area contributed by atoms with Crippen LogP contribution in [0.4, 0.5) is 0 Å². The molecule has 0 spiro atoms. The van der Waals surface area contributed by atoms with Gasteiger partial charge in [0.2, 0.25) is 0 Å². The van der Waals surface area contributed by atoms with Crippen molar-refractivity contribution in [3.8, 4) is 0 Å². The molecule has 0 aliphatic rings. The largest absolute Gasteiger partial charge is 0.481 e. The van der Waals surface area contributed by atoms with Gasteiger partial charge in [-0.2, -0.15) is 0 Å². The molecule has 0 aliphatic carbocycles. The number of ether oxygens (including phenoxy) is 1. The summed E-state index contributed by atoms with van der Waals surface area (Å²) in [5, 5.41) is 20.5. The Morgan fingerprint density at radius 2 is 1.30 bits per heavy atom. The zero-order valence-corrected chi connectivity index (χ0v) is 21.4. The molecule has 0 bridgehead atoms. The Morgan fingerprint density at radius 3 is 1.88 bits per heavy atom. The molecular formula is C29H50O4. The molecule has 0 heterocycles. The first-order valence-electron chi connectivity index (χ1n) is 13.6. The van der Waals surface area contributed by atoms with Gasteiger partial charge < -0.3 is 14.9 Å². The van der Waals surface area contributed by atoms with Crippen LogP contribution in [0.2, 0.25) is 0 Å². The number of aliphatic hydroxyl groups is 1. The van der Waals surface area contributed by atoms with Crippen LogP contribution in [0.1, 0.15) is 122 Å². The lowest BCUT2D eigenvalue weighted by Crippen LogP contribution is -2.32. The number of benzene rings is 1. The number of carboxylic acids is 1. The molecule has 190 valence electrons. The monoisotopic (exact) mass is 462 g/mol. The maximum Gasteiger partial charge on any atom is 0.309 e. The normalized spacial score (nSPS) is 14.2. The fraction of sp³-hybridized carbons (Fsp3) is 0.759. The van der Waals surface area contributed by atoms with E-state index in [-0.39, 0.29) is 6.10 Å². The fourth-order valence-corrected chi connectivity index (χ4v) is 4.45. The Balaban J connectivity index is 2.49. The zero-order chi connectivity index (χ0) is 24.2. The van der Waals surface area contributed by atoms with E-state index in [2.05, 4.69) is 13.8 Å². The summed E-state index contributed by atoms with van der Waals surface area (Å²) in [7, 11) is 0. The van der Waals surface area contributed by atoms with Crippen molar-refractivity contribution in [1.82, 2.24) is 0 Å². The molecule has 3 unspecified atom stereocenters. The molecule has 0 amide bonds. The Kier molecular flexibility index (Phi) is 18.0. The Bertz CT molecular complexity index is 574. The molecular weight excluding hydrogens is 412 g/mol. The number of carboxylic acid groups (broad SMARTS) is 1. The van der Waals surface area contributed by atoms with Gasteiger partial charge in [0.15, 0.2) is 0 Å². The highest BCUT2D eigenvalue weighted by atomic mass is 16.5. The van der Waals surface area contributed by atoms with E-state index in [4.69, 9.17) is 4.74 Å². The minimum absolute atomic E-state index is 0.109. The molecule has 1 aromatic carbocycles. The van der Waals surface area contributed by atoms with E-state index in [0.29, 0.717) is 19.4 Å². The molecule has 0 aliphatic heterocycles. The lowest BCUT2D eigenvalue weighted by Gasteiger charge is -2.25. The number of carbonyl (C=O) groups is 1. The lowest BCUT2D eigenvalue weighted by molar-refractivity contribution is -0.147. The van der Waals surface area contributed by atoms with Crippen LogP contribution in [-0.4, -0.2) is 28.4 Å². The molecule has 2 N–H and O–H groups in total. The molecule has 1 aromatic rings. The van der Waals surface area contributed by atoms with Crippen molar-refractivity contribution in [2.45, 2.75) is 135 Å². The number of hydrogen-bond donors (Lipinski definition) is 2. The average molecular weight is 463 g/mol. The number of hydrogen-bond acceptors (Lipinski definition) is 3. The SMILES string of the molecule is CCCCCCCCCCCC(CC(O)C(CCCCCC)C(=O)O)OCc1ccccc1. The van der Waals surface area contributed by atoms with Gasteiger partial charge in [-0.15, -0.1) is 0 Å². The third-order valence-corrected chi connectivity index (χ3v) is 6.61. The minimum atomic E-state index is -0.885. The molecule has 0 saturated carbocycles. The quantitative estimate of drug-likeness (QED) is 0.172. The number of aliphatic carboxylic acids is 1.